The Morgan fingerprint density at radius 2 is 1.94 bits per heavy atom. The molecule has 2 nitrogen and oxygen atoms in total. The molecule has 0 bridgehead atoms. The van der Waals surface area contributed by atoms with E-state index in [4.69, 9.17) is 10.5 Å². The Hall–Kier alpha value is -1.02. The molecule has 0 fully saturated rings. The van der Waals surface area contributed by atoms with Crippen LogP contribution in [0.25, 0.3) is 0 Å². The Morgan fingerprint density at radius 1 is 1.25 bits per heavy atom. The van der Waals surface area contributed by atoms with Crippen molar-refractivity contribution in [2.24, 2.45) is 11.7 Å². The topological polar surface area (TPSA) is 35.2 Å². The highest BCUT2D eigenvalue weighted by Gasteiger charge is 2.07. The minimum Gasteiger partial charge on any atom is -0.496 e. The number of para-hydroxylation sites is 1. The maximum Gasteiger partial charge on any atom is 0.122 e. The molecule has 0 aliphatic carbocycles. The van der Waals surface area contributed by atoms with Gasteiger partial charge in [0, 0.05) is 6.04 Å². The molecule has 0 aliphatic heterocycles. The largest absolute Gasteiger partial charge is 0.496 e. The molecule has 90 valence electrons. The first kappa shape index (κ1) is 13.0. The first-order valence-electron chi connectivity index (χ1n) is 6.01. The van der Waals surface area contributed by atoms with Gasteiger partial charge in [0.05, 0.1) is 7.11 Å². The zero-order valence-electron chi connectivity index (χ0n) is 10.6. The summed E-state index contributed by atoms with van der Waals surface area (Å²) in [6, 6.07) is 8.46. The Morgan fingerprint density at radius 3 is 2.56 bits per heavy atom. The van der Waals surface area contributed by atoms with Gasteiger partial charge in [-0.15, -0.1) is 0 Å². The minimum atomic E-state index is 0.296. The first-order valence-corrected chi connectivity index (χ1v) is 6.01. The van der Waals surface area contributed by atoms with Gasteiger partial charge in [-0.25, -0.2) is 0 Å². The van der Waals surface area contributed by atoms with E-state index in [9.17, 15) is 0 Å². The predicted octanol–water partition coefficient (Wildman–Crippen LogP) is 3.00. The number of rotatable bonds is 6. The molecule has 1 atom stereocenters. The Balaban J connectivity index is 2.47. The molecule has 16 heavy (non-hydrogen) atoms. The summed E-state index contributed by atoms with van der Waals surface area (Å²) in [4.78, 5) is 0. The van der Waals surface area contributed by atoms with E-state index in [-0.39, 0.29) is 0 Å². The van der Waals surface area contributed by atoms with Gasteiger partial charge in [0.2, 0.25) is 0 Å². The monoisotopic (exact) mass is 221 g/mol. The Labute approximate surface area is 98.8 Å². The van der Waals surface area contributed by atoms with Crippen LogP contribution in [0.3, 0.4) is 0 Å². The minimum absolute atomic E-state index is 0.296. The summed E-state index contributed by atoms with van der Waals surface area (Å²) in [5.74, 6) is 1.65. The number of hydrogen-bond acceptors (Lipinski definition) is 2. The molecule has 0 amide bonds. The van der Waals surface area contributed by atoms with Crippen molar-refractivity contribution in [3.8, 4) is 5.75 Å². The van der Waals surface area contributed by atoms with Crippen molar-refractivity contribution in [1.29, 1.82) is 0 Å². The molecule has 0 aliphatic rings. The molecule has 1 aromatic carbocycles. The average molecular weight is 221 g/mol. The van der Waals surface area contributed by atoms with Crippen molar-refractivity contribution in [2.45, 2.75) is 39.2 Å². The second-order valence-corrected chi connectivity index (χ2v) is 4.74. The number of methoxy groups -OCH3 is 1. The Bertz CT molecular complexity index is 309. The van der Waals surface area contributed by atoms with Crippen molar-refractivity contribution in [2.75, 3.05) is 7.11 Å². The fraction of sp³-hybridized carbons (Fsp3) is 0.571. The number of nitrogens with two attached hydrogens (primary N) is 1. The Kier molecular flexibility index (Phi) is 5.33. The standard InChI is InChI=1S/C14H23NO/c1-11(2)10-13(15)9-8-12-6-4-5-7-14(12)16-3/h4-7,11,13H,8-10,15H2,1-3H3. The van der Waals surface area contributed by atoms with E-state index in [0.29, 0.717) is 12.0 Å². The van der Waals surface area contributed by atoms with Crippen LogP contribution in [0, 0.1) is 5.92 Å². The number of aryl methyl sites for hydroxylation is 1. The summed E-state index contributed by atoms with van der Waals surface area (Å²) in [6.07, 6.45) is 3.12. The highest BCUT2D eigenvalue weighted by Crippen LogP contribution is 2.20. The normalized spacial score (nSPS) is 12.8. The lowest BCUT2D eigenvalue weighted by atomic mass is 9.98. The second-order valence-electron chi connectivity index (χ2n) is 4.74. The molecule has 0 saturated heterocycles. The van der Waals surface area contributed by atoms with E-state index < -0.39 is 0 Å². The molecular weight excluding hydrogens is 198 g/mol. The average Bonchev–Trinajstić information content (AvgIpc) is 2.26. The van der Waals surface area contributed by atoms with E-state index in [1.807, 2.05) is 18.2 Å². The fourth-order valence-corrected chi connectivity index (χ4v) is 1.97. The van der Waals surface area contributed by atoms with Crippen LogP contribution in [-0.2, 0) is 6.42 Å². The molecular formula is C14H23NO. The molecule has 1 aromatic rings. The van der Waals surface area contributed by atoms with Gasteiger partial charge in [-0.1, -0.05) is 32.0 Å². The molecule has 0 heterocycles. The third-order valence-corrected chi connectivity index (χ3v) is 2.75. The maximum atomic E-state index is 6.07. The van der Waals surface area contributed by atoms with Gasteiger partial charge in [-0.3, -0.25) is 0 Å². The molecule has 0 aromatic heterocycles. The lowest BCUT2D eigenvalue weighted by molar-refractivity contribution is 0.406. The van der Waals surface area contributed by atoms with E-state index in [1.165, 1.54) is 5.56 Å². The van der Waals surface area contributed by atoms with Crippen LogP contribution in [0.2, 0.25) is 0 Å². The smallest absolute Gasteiger partial charge is 0.122 e. The third-order valence-electron chi connectivity index (χ3n) is 2.75. The molecule has 2 heteroatoms. The summed E-state index contributed by atoms with van der Waals surface area (Å²) in [7, 11) is 1.72. The van der Waals surface area contributed by atoms with Gasteiger partial charge in [-0.05, 0) is 36.8 Å². The zero-order chi connectivity index (χ0) is 12.0. The van der Waals surface area contributed by atoms with Gasteiger partial charge >= 0.3 is 0 Å². The number of benzene rings is 1. The van der Waals surface area contributed by atoms with Gasteiger partial charge in [-0.2, -0.15) is 0 Å². The van der Waals surface area contributed by atoms with Crippen LogP contribution in [0.1, 0.15) is 32.3 Å². The predicted molar refractivity (Wildman–Crippen MR) is 68.7 cm³/mol. The van der Waals surface area contributed by atoms with Crippen LogP contribution in [0.5, 0.6) is 5.75 Å². The summed E-state index contributed by atoms with van der Waals surface area (Å²) in [6.45, 7) is 4.42. The number of ether oxygens (including phenoxy) is 1. The van der Waals surface area contributed by atoms with Crippen LogP contribution < -0.4 is 10.5 Å². The van der Waals surface area contributed by atoms with Crippen molar-refractivity contribution in [3.63, 3.8) is 0 Å². The van der Waals surface area contributed by atoms with Crippen LogP contribution in [0.4, 0.5) is 0 Å². The number of hydrogen-bond donors (Lipinski definition) is 1. The second kappa shape index (κ2) is 6.54. The van der Waals surface area contributed by atoms with Crippen molar-refractivity contribution in [3.05, 3.63) is 29.8 Å². The van der Waals surface area contributed by atoms with Gasteiger partial charge < -0.3 is 10.5 Å². The van der Waals surface area contributed by atoms with E-state index in [1.54, 1.807) is 7.11 Å². The van der Waals surface area contributed by atoms with E-state index in [0.717, 1.165) is 25.0 Å². The molecule has 0 saturated carbocycles. The van der Waals surface area contributed by atoms with Gasteiger partial charge in [0.1, 0.15) is 5.75 Å². The zero-order valence-corrected chi connectivity index (χ0v) is 10.6. The van der Waals surface area contributed by atoms with Crippen molar-refractivity contribution >= 4 is 0 Å². The van der Waals surface area contributed by atoms with E-state index in [2.05, 4.69) is 19.9 Å². The van der Waals surface area contributed by atoms with Crippen LogP contribution in [-0.4, -0.2) is 13.2 Å². The van der Waals surface area contributed by atoms with E-state index >= 15 is 0 Å². The lowest BCUT2D eigenvalue weighted by Gasteiger charge is -2.14. The highest BCUT2D eigenvalue weighted by atomic mass is 16.5. The summed E-state index contributed by atoms with van der Waals surface area (Å²) in [5, 5.41) is 0. The highest BCUT2D eigenvalue weighted by molar-refractivity contribution is 5.33. The third kappa shape index (κ3) is 4.23. The molecule has 0 spiro atoms. The summed E-state index contributed by atoms with van der Waals surface area (Å²) in [5.41, 5.74) is 7.33. The molecule has 1 unspecified atom stereocenters. The quantitative estimate of drug-likeness (QED) is 0.801. The SMILES string of the molecule is COc1ccccc1CCC(N)CC(C)C. The molecule has 1 rings (SSSR count). The maximum absolute atomic E-state index is 6.07. The van der Waals surface area contributed by atoms with Crippen LogP contribution >= 0.6 is 0 Å². The molecule has 0 radical (unpaired) electrons. The summed E-state index contributed by atoms with van der Waals surface area (Å²) < 4.78 is 5.32. The van der Waals surface area contributed by atoms with Gasteiger partial charge in [0.25, 0.3) is 0 Å². The fourth-order valence-electron chi connectivity index (χ4n) is 1.97. The van der Waals surface area contributed by atoms with Gasteiger partial charge in [0.15, 0.2) is 0 Å². The molecule has 2 N–H and O–H groups in total. The summed E-state index contributed by atoms with van der Waals surface area (Å²) >= 11 is 0. The first-order chi connectivity index (χ1) is 7.63. The van der Waals surface area contributed by atoms with Crippen LogP contribution in [0.15, 0.2) is 24.3 Å². The lowest BCUT2D eigenvalue weighted by Crippen LogP contribution is -2.22. The van der Waals surface area contributed by atoms with Crippen molar-refractivity contribution < 1.29 is 4.74 Å². The van der Waals surface area contributed by atoms with Crippen molar-refractivity contribution in [1.82, 2.24) is 0 Å².